The monoisotopic (exact) mass is 296 g/mol. The zero-order valence-corrected chi connectivity index (χ0v) is 14.5. The normalized spacial score (nSPS) is 11.2. The summed E-state index contributed by atoms with van der Waals surface area (Å²) in [5.74, 6) is 0.599. The average molecular weight is 296 g/mol. The topological polar surface area (TPSA) is 6.48 Å². The summed E-state index contributed by atoms with van der Waals surface area (Å²) in [5, 5.41) is 0. The highest BCUT2D eigenvalue weighted by atomic mass is 15.1. The van der Waals surface area contributed by atoms with Crippen molar-refractivity contribution < 1.29 is 0 Å². The Labute approximate surface area is 135 Å². The van der Waals surface area contributed by atoms with Crippen molar-refractivity contribution in [3.63, 3.8) is 0 Å². The lowest BCUT2D eigenvalue weighted by molar-refractivity contribution is 0.319. The summed E-state index contributed by atoms with van der Waals surface area (Å²) in [6.45, 7) is 6.42. The predicted molar refractivity (Wildman–Crippen MR) is 96.5 cm³/mol. The zero-order valence-electron chi connectivity index (χ0n) is 14.5. The fraction of sp³-hybridized carbons (Fsp3) is 0.400. The van der Waals surface area contributed by atoms with E-state index in [4.69, 9.17) is 0 Å². The summed E-state index contributed by atoms with van der Waals surface area (Å²) in [6, 6.07) is 17.8. The third kappa shape index (κ3) is 4.60. The van der Waals surface area contributed by atoms with Gasteiger partial charge in [-0.3, -0.25) is 4.90 Å². The lowest BCUT2D eigenvalue weighted by Crippen LogP contribution is -2.17. The van der Waals surface area contributed by atoms with Gasteiger partial charge in [-0.05, 0) is 41.8 Å². The van der Waals surface area contributed by atoms with Gasteiger partial charge in [0.25, 0.3) is 0 Å². The molecule has 0 atom stereocenters. The number of nitrogens with zero attached hydrogens (tertiary/aromatic N) is 2. The minimum absolute atomic E-state index is 0.599. The second-order valence-corrected chi connectivity index (χ2v) is 6.63. The minimum Gasteiger partial charge on any atom is -0.378 e. The van der Waals surface area contributed by atoms with Crippen LogP contribution in [0.4, 0.5) is 5.69 Å². The molecule has 0 spiro atoms. The maximum Gasteiger partial charge on any atom is 0.0361 e. The summed E-state index contributed by atoms with van der Waals surface area (Å²) in [4.78, 5) is 4.48. The molecule has 0 fully saturated rings. The molecule has 2 heteroatoms. The number of hydrogen-bond donors (Lipinski definition) is 0. The molecule has 0 saturated heterocycles. The van der Waals surface area contributed by atoms with Crippen LogP contribution >= 0.6 is 0 Å². The Morgan fingerprint density at radius 2 is 1.18 bits per heavy atom. The molecule has 2 rings (SSSR count). The van der Waals surface area contributed by atoms with Crippen LogP contribution in [0.3, 0.4) is 0 Å². The predicted octanol–water partition coefficient (Wildman–Crippen LogP) is 4.51. The van der Waals surface area contributed by atoms with Crippen molar-refractivity contribution in [1.82, 2.24) is 4.90 Å². The van der Waals surface area contributed by atoms with Crippen molar-refractivity contribution >= 4 is 5.69 Å². The lowest BCUT2D eigenvalue weighted by atomic mass is 10.0. The van der Waals surface area contributed by atoms with E-state index in [1.807, 2.05) is 0 Å². The minimum atomic E-state index is 0.599. The molecule has 0 bridgehead atoms. The molecule has 0 aliphatic carbocycles. The molecule has 0 aliphatic heterocycles. The van der Waals surface area contributed by atoms with E-state index in [1.165, 1.54) is 22.4 Å². The fourth-order valence-electron chi connectivity index (χ4n) is 2.59. The second kappa shape index (κ2) is 7.46. The Kier molecular flexibility index (Phi) is 5.62. The van der Waals surface area contributed by atoms with Crippen molar-refractivity contribution in [3.8, 4) is 0 Å². The number of benzene rings is 2. The van der Waals surface area contributed by atoms with Crippen molar-refractivity contribution in [3.05, 3.63) is 65.2 Å². The van der Waals surface area contributed by atoms with E-state index in [0.29, 0.717) is 5.92 Å². The van der Waals surface area contributed by atoms with Gasteiger partial charge in [-0.1, -0.05) is 50.2 Å². The van der Waals surface area contributed by atoms with Gasteiger partial charge in [-0.25, -0.2) is 0 Å². The Morgan fingerprint density at radius 3 is 1.59 bits per heavy atom. The molecular weight excluding hydrogens is 268 g/mol. The van der Waals surface area contributed by atoms with Gasteiger partial charge in [0.15, 0.2) is 0 Å². The maximum atomic E-state index is 2.36. The van der Waals surface area contributed by atoms with Crippen LogP contribution in [-0.4, -0.2) is 26.0 Å². The molecule has 0 N–H and O–H groups in total. The molecule has 2 aromatic carbocycles. The van der Waals surface area contributed by atoms with Crippen LogP contribution in [0, 0.1) is 0 Å². The molecule has 0 aromatic heterocycles. The van der Waals surface area contributed by atoms with Crippen molar-refractivity contribution in [2.75, 3.05) is 26.0 Å². The summed E-state index contributed by atoms with van der Waals surface area (Å²) in [5.41, 5.74) is 5.38. The third-order valence-corrected chi connectivity index (χ3v) is 4.00. The van der Waals surface area contributed by atoms with Gasteiger partial charge in [0.2, 0.25) is 0 Å². The lowest BCUT2D eigenvalue weighted by Gasteiger charge is -2.18. The molecule has 2 aromatic rings. The van der Waals surface area contributed by atoms with Gasteiger partial charge < -0.3 is 4.90 Å². The first-order chi connectivity index (χ1) is 10.5. The van der Waals surface area contributed by atoms with E-state index in [9.17, 15) is 0 Å². The zero-order chi connectivity index (χ0) is 16.1. The first-order valence-electron chi connectivity index (χ1n) is 7.99. The number of hydrogen-bond acceptors (Lipinski definition) is 2. The van der Waals surface area contributed by atoms with Crippen LogP contribution in [0.2, 0.25) is 0 Å². The van der Waals surface area contributed by atoms with E-state index in [-0.39, 0.29) is 0 Å². The standard InChI is InChI=1S/C20H28N2/c1-16(2)19-10-6-17(7-11-19)14-22(5)15-18-8-12-20(13-9-18)21(3)4/h6-13,16H,14-15H2,1-5H3. The summed E-state index contributed by atoms with van der Waals surface area (Å²) < 4.78 is 0. The van der Waals surface area contributed by atoms with Crippen LogP contribution in [0.25, 0.3) is 0 Å². The largest absolute Gasteiger partial charge is 0.378 e. The summed E-state index contributed by atoms with van der Waals surface area (Å²) in [7, 11) is 6.32. The molecule has 2 nitrogen and oxygen atoms in total. The van der Waals surface area contributed by atoms with Crippen molar-refractivity contribution in [2.45, 2.75) is 32.9 Å². The highest BCUT2D eigenvalue weighted by Crippen LogP contribution is 2.17. The van der Waals surface area contributed by atoms with Crippen molar-refractivity contribution in [2.24, 2.45) is 0 Å². The van der Waals surface area contributed by atoms with E-state index in [1.54, 1.807) is 0 Å². The third-order valence-electron chi connectivity index (χ3n) is 4.00. The quantitative estimate of drug-likeness (QED) is 0.774. The fourth-order valence-corrected chi connectivity index (χ4v) is 2.59. The van der Waals surface area contributed by atoms with E-state index < -0.39 is 0 Å². The highest BCUT2D eigenvalue weighted by Gasteiger charge is 2.04. The molecule has 22 heavy (non-hydrogen) atoms. The Morgan fingerprint density at radius 1 is 0.727 bits per heavy atom. The first-order valence-corrected chi connectivity index (χ1v) is 7.99. The van der Waals surface area contributed by atoms with Crippen LogP contribution < -0.4 is 4.90 Å². The Hall–Kier alpha value is -1.80. The number of rotatable bonds is 6. The Balaban J connectivity index is 1.93. The molecule has 0 aliphatic rings. The van der Waals surface area contributed by atoms with Crippen LogP contribution in [0.5, 0.6) is 0 Å². The molecular formula is C20H28N2. The smallest absolute Gasteiger partial charge is 0.0361 e. The van der Waals surface area contributed by atoms with E-state index in [0.717, 1.165) is 13.1 Å². The van der Waals surface area contributed by atoms with Gasteiger partial charge >= 0.3 is 0 Å². The SMILES string of the molecule is CC(C)c1ccc(CN(C)Cc2ccc(N(C)C)cc2)cc1. The molecule has 0 unspecified atom stereocenters. The van der Waals surface area contributed by atoms with Crippen LogP contribution in [0.1, 0.15) is 36.5 Å². The Bertz CT molecular complexity index is 514. The summed E-state index contributed by atoms with van der Waals surface area (Å²) in [6.07, 6.45) is 0. The van der Waals surface area contributed by atoms with E-state index >= 15 is 0 Å². The van der Waals surface area contributed by atoms with Gasteiger partial charge in [-0.2, -0.15) is 0 Å². The molecule has 118 valence electrons. The average Bonchev–Trinajstić information content (AvgIpc) is 2.48. The first kappa shape index (κ1) is 16.6. The van der Waals surface area contributed by atoms with Gasteiger partial charge in [0.05, 0.1) is 0 Å². The molecule has 0 amide bonds. The van der Waals surface area contributed by atoms with Gasteiger partial charge in [0.1, 0.15) is 0 Å². The molecule has 0 heterocycles. The van der Waals surface area contributed by atoms with Crippen LogP contribution in [0.15, 0.2) is 48.5 Å². The van der Waals surface area contributed by atoms with Crippen molar-refractivity contribution in [1.29, 1.82) is 0 Å². The second-order valence-electron chi connectivity index (χ2n) is 6.63. The van der Waals surface area contributed by atoms with Gasteiger partial charge in [0, 0.05) is 32.9 Å². The highest BCUT2D eigenvalue weighted by molar-refractivity contribution is 5.45. The van der Waals surface area contributed by atoms with Gasteiger partial charge in [-0.15, -0.1) is 0 Å². The van der Waals surface area contributed by atoms with Crippen LogP contribution in [-0.2, 0) is 13.1 Å². The van der Waals surface area contributed by atoms with E-state index in [2.05, 4.69) is 93.3 Å². The molecule has 0 radical (unpaired) electrons. The molecule has 0 saturated carbocycles. The maximum absolute atomic E-state index is 2.36. The summed E-state index contributed by atoms with van der Waals surface area (Å²) >= 11 is 0. The number of anilines is 1.